The van der Waals surface area contributed by atoms with Gasteiger partial charge in [0.2, 0.25) is 5.91 Å². The van der Waals surface area contributed by atoms with E-state index in [1.807, 2.05) is 31.3 Å². The number of carbonyl (C=O) groups is 3. The lowest BCUT2D eigenvalue weighted by Gasteiger charge is -2.07. The van der Waals surface area contributed by atoms with Crippen molar-refractivity contribution in [3.8, 4) is 0 Å². The Hall–Kier alpha value is -4.17. The van der Waals surface area contributed by atoms with E-state index in [1.165, 1.54) is 5.56 Å². The number of rotatable bonds is 7. The quantitative estimate of drug-likeness (QED) is 0.201. The molecule has 0 fully saturated rings. The molecule has 2 aromatic heterocycles. The fourth-order valence-corrected chi connectivity index (χ4v) is 5.70. The minimum atomic E-state index is -0.483. The van der Waals surface area contributed by atoms with E-state index in [2.05, 4.69) is 38.4 Å². The van der Waals surface area contributed by atoms with Crippen molar-refractivity contribution in [3.05, 3.63) is 59.2 Å². The highest BCUT2D eigenvalue weighted by molar-refractivity contribution is 6.39. The molecule has 3 amide bonds. The van der Waals surface area contributed by atoms with Gasteiger partial charge in [0, 0.05) is 46.2 Å². The van der Waals surface area contributed by atoms with E-state index in [0.717, 1.165) is 69.3 Å². The molecule has 3 heterocycles. The molecule has 6 rings (SSSR count). The summed E-state index contributed by atoms with van der Waals surface area (Å²) in [7, 11) is 2.02. The second kappa shape index (κ2) is 8.74. The maximum atomic E-state index is 13.0. The van der Waals surface area contributed by atoms with Gasteiger partial charge >= 0.3 is 0 Å². The first-order valence-corrected chi connectivity index (χ1v) is 12.7. The fraction of sp³-hybridized carbons (Fsp3) is 0.276. The van der Waals surface area contributed by atoms with Crippen LogP contribution < -0.4 is 16.4 Å². The minimum absolute atomic E-state index is 0.118. The first-order valence-electron chi connectivity index (χ1n) is 12.7. The van der Waals surface area contributed by atoms with Crippen LogP contribution in [0.2, 0.25) is 0 Å². The van der Waals surface area contributed by atoms with Gasteiger partial charge in [0.25, 0.3) is 11.8 Å². The Morgan fingerprint density at radius 1 is 1.00 bits per heavy atom. The van der Waals surface area contributed by atoms with Crippen molar-refractivity contribution >= 4 is 61.3 Å². The van der Waals surface area contributed by atoms with Crippen LogP contribution in [0.3, 0.4) is 0 Å². The highest BCUT2D eigenvalue weighted by Gasteiger charge is 2.35. The Morgan fingerprint density at radius 3 is 2.54 bits per heavy atom. The number of nitrogens with one attached hydrogen (secondary N) is 3. The summed E-state index contributed by atoms with van der Waals surface area (Å²) >= 11 is 0. The molecule has 0 unspecified atom stereocenters. The van der Waals surface area contributed by atoms with Crippen LogP contribution in [-0.4, -0.2) is 39.9 Å². The molecule has 0 bridgehead atoms. The molecule has 0 radical (unpaired) electrons. The lowest BCUT2D eigenvalue weighted by atomic mass is 9.96. The van der Waals surface area contributed by atoms with Gasteiger partial charge < -0.3 is 20.6 Å². The third kappa shape index (κ3) is 3.59. The number of nitrogens with two attached hydrogens (primary N) is 1. The molecule has 0 aliphatic carbocycles. The molecule has 3 aromatic carbocycles. The number of unbranched alkanes of at least 4 members (excludes halogenated alkanes) is 2. The number of aryl methyl sites for hydroxylation is 2. The van der Waals surface area contributed by atoms with Crippen molar-refractivity contribution in [2.75, 3.05) is 6.54 Å². The van der Waals surface area contributed by atoms with E-state index in [-0.39, 0.29) is 17.7 Å². The van der Waals surface area contributed by atoms with Crippen LogP contribution in [0.15, 0.2) is 42.5 Å². The zero-order valence-corrected chi connectivity index (χ0v) is 20.9. The average Bonchev–Trinajstić information content (AvgIpc) is 3.50. The van der Waals surface area contributed by atoms with Gasteiger partial charge in [-0.3, -0.25) is 19.7 Å². The van der Waals surface area contributed by atoms with Crippen molar-refractivity contribution < 1.29 is 14.4 Å². The Morgan fingerprint density at radius 2 is 1.76 bits per heavy atom. The van der Waals surface area contributed by atoms with Crippen molar-refractivity contribution in [2.24, 2.45) is 12.8 Å². The molecular weight excluding hydrogens is 466 g/mol. The van der Waals surface area contributed by atoms with E-state index < -0.39 is 6.04 Å². The van der Waals surface area contributed by atoms with E-state index >= 15 is 0 Å². The largest absolute Gasteiger partial charge is 0.355 e. The van der Waals surface area contributed by atoms with Crippen molar-refractivity contribution in [1.29, 1.82) is 0 Å². The number of carbonyl (C=O) groups excluding carboxylic acids is 3. The highest BCUT2D eigenvalue weighted by atomic mass is 16.2. The number of fused-ring (bicyclic) bond motifs is 10. The highest BCUT2D eigenvalue weighted by Crippen LogP contribution is 2.43. The molecular formula is C29H29N5O3. The SMILES string of the molecule is C[C@H](N)C(=O)NCCCCCc1ccc2c3c4c(c5c6ccccc6[nH]c5c3n(C)c2c1)C(=O)NC4=O. The van der Waals surface area contributed by atoms with E-state index in [1.54, 1.807) is 6.92 Å². The molecule has 8 nitrogen and oxygen atoms in total. The van der Waals surface area contributed by atoms with Crippen LogP contribution >= 0.6 is 0 Å². The van der Waals surface area contributed by atoms with Gasteiger partial charge in [-0.15, -0.1) is 0 Å². The topological polar surface area (TPSA) is 122 Å². The van der Waals surface area contributed by atoms with Gasteiger partial charge in [0.1, 0.15) is 0 Å². The minimum Gasteiger partial charge on any atom is -0.355 e. The van der Waals surface area contributed by atoms with Crippen molar-refractivity contribution in [2.45, 2.75) is 38.6 Å². The number of nitrogens with zero attached hydrogens (tertiary/aromatic N) is 1. The number of aromatic nitrogens is 2. The number of amides is 3. The van der Waals surface area contributed by atoms with Crippen LogP contribution in [0.5, 0.6) is 0 Å². The van der Waals surface area contributed by atoms with Crippen molar-refractivity contribution in [1.82, 2.24) is 20.2 Å². The van der Waals surface area contributed by atoms with Gasteiger partial charge in [-0.05, 0) is 43.9 Å². The average molecular weight is 496 g/mol. The zero-order chi connectivity index (χ0) is 25.8. The summed E-state index contributed by atoms with van der Waals surface area (Å²) in [4.78, 5) is 41.1. The summed E-state index contributed by atoms with van der Waals surface area (Å²) in [5.74, 6) is -0.806. The van der Waals surface area contributed by atoms with Gasteiger partial charge in [-0.25, -0.2) is 0 Å². The first-order chi connectivity index (χ1) is 17.9. The second-order valence-electron chi connectivity index (χ2n) is 9.98. The maximum Gasteiger partial charge on any atom is 0.259 e. The summed E-state index contributed by atoms with van der Waals surface area (Å²) in [6.45, 7) is 2.31. The van der Waals surface area contributed by atoms with Gasteiger partial charge in [-0.2, -0.15) is 0 Å². The monoisotopic (exact) mass is 495 g/mol. The predicted molar refractivity (Wildman–Crippen MR) is 146 cm³/mol. The third-order valence-corrected chi connectivity index (χ3v) is 7.49. The van der Waals surface area contributed by atoms with Crippen LogP contribution in [0.4, 0.5) is 0 Å². The van der Waals surface area contributed by atoms with E-state index in [4.69, 9.17) is 5.73 Å². The second-order valence-corrected chi connectivity index (χ2v) is 9.98. The molecule has 5 N–H and O–H groups in total. The zero-order valence-electron chi connectivity index (χ0n) is 20.9. The Balaban J connectivity index is 1.40. The first kappa shape index (κ1) is 23.2. The molecule has 1 aliphatic heterocycles. The smallest absolute Gasteiger partial charge is 0.259 e. The van der Waals surface area contributed by atoms with Crippen LogP contribution in [-0.2, 0) is 18.3 Å². The molecule has 37 heavy (non-hydrogen) atoms. The Bertz CT molecular complexity index is 1760. The molecule has 0 spiro atoms. The number of hydrogen-bond donors (Lipinski definition) is 4. The lowest BCUT2D eigenvalue weighted by Crippen LogP contribution is -2.38. The standard InChI is InChI=1S/C29H29N5O3/c1-15(30)27(35)31-13-7-3-4-8-16-11-12-18-20(14-16)34(2)26-22(18)24-23(28(36)33-29(24)37)21-17-9-5-6-10-19(17)32-25(21)26/h5-6,9-12,14-15,32H,3-4,7-8,13,30H2,1-2H3,(H,31,35)(H,33,36,37)/t15-/m0/s1. The number of para-hydroxylation sites is 1. The molecule has 0 saturated carbocycles. The van der Waals surface area contributed by atoms with Crippen LogP contribution in [0.1, 0.15) is 52.5 Å². The molecule has 188 valence electrons. The molecule has 5 aromatic rings. The summed E-state index contributed by atoms with van der Waals surface area (Å²) < 4.78 is 2.13. The molecule has 1 aliphatic rings. The number of benzene rings is 3. The number of H-pyrrole nitrogens is 1. The van der Waals surface area contributed by atoms with Gasteiger partial charge in [0.05, 0.1) is 28.2 Å². The molecule has 0 saturated heterocycles. The van der Waals surface area contributed by atoms with Crippen LogP contribution in [0.25, 0.3) is 43.6 Å². The number of aromatic amines is 1. The van der Waals surface area contributed by atoms with E-state index in [0.29, 0.717) is 17.7 Å². The number of imide groups is 1. The summed E-state index contributed by atoms with van der Waals surface area (Å²) in [6.07, 6.45) is 3.82. The number of hydrogen-bond acceptors (Lipinski definition) is 4. The maximum absolute atomic E-state index is 13.0. The third-order valence-electron chi connectivity index (χ3n) is 7.49. The summed E-state index contributed by atoms with van der Waals surface area (Å²) in [5, 5.41) is 8.88. The normalized spacial score (nSPS) is 14.1. The summed E-state index contributed by atoms with van der Waals surface area (Å²) in [5.41, 5.74) is 11.5. The predicted octanol–water partition coefficient (Wildman–Crippen LogP) is 4.03. The Labute approximate surface area is 213 Å². The Kier molecular flexibility index (Phi) is 5.49. The van der Waals surface area contributed by atoms with Gasteiger partial charge in [0.15, 0.2) is 0 Å². The van der Waals surface area contributed by atoms with Gasteiger partial charge in [-0.1, -0.05) is 36.8 Å². The lowest BCUT2D eigenvalue weighted by molar-refractivity contribution is -0.121. The van der Waals surface area contributed by atoms with Crippen LogP contribution in [0, 0.1) is 0 Å². The summed E-state index contributed by atoms with van der Waals surface area (Å²) in [6, 6.07) is 13.8. The molecule has 8 heteroatoms. The van der Waals surface area contributed by atoms with Crippen molar-refractivity contribution in [3.63, 3.8) is 0 Å². The molecule has 1 atom stereocenters. The van der Waals surface area contributed by atoms with E-state index in [9.17, 15) is 14.4 Å². The fourth-order valence-electron chi connectivity index (χ4n) is 5.70.